The molecule has 0 saturated carbocycles. The zero-order chi connectivity index (χ0) is 43.2. The summed E-state index contributed by atoms with van der Waals surface area (Å²) in [6, 6.07) is 28.0. The van der Waals surface area contributed by atoms with Gasteiger partial charge in [-0.15, -0.1) is 0 Å². The Morgan fingerprint density at radius 2 is 1.02 bits per heavy atom. The largest absolute Gasteiger partial charge is 0.508 e. The van der Waals surface area contributed by atoms with Crippen molar-refractivity contribution in [3.8, 4) is 50.7 Å². The zero-order valence-electron chi connectivity index (χ0n) is 32.4. The molecule has 2 aliphatic heterocycles. The third kappa shape index (κ3) is 7.47. The summed E-state index contributed by atoms with van der Waals surface area (Å²) in [5, 5.41) is 50.0. The van der Waals surface area contributed by atoms with E-state index in [-0.39, 0.29) is 50.3 Å². The molecule has 300 valence electrons. The molecule has 2 aliphatic carbocycles. The number of hydrogen-bond donors (Lipinski definition) is 5. The summed E-state index contributed by atoms with van der Waals surface area (Å²) >= 11 is 0. The summed E-state index contributed by atoms with van der Waals surface area (Å²) < 4.78 is 13.9. The van der Waals surface area contributed by atoms with Gasteiger partial charge >= 0.3 is 23.9 Å². The predicted octanol–water partition coefficient (Wildman–Crippen LogP) is 7.37. The maximum Gasteiger partial charge on any atom is 0.336 e. The van der Waals surface area contributed by atoms with Gasteiger partial charge in [-0.2, -0.15) is 0 Å². The van der Waals surface area contributed by atoms with Gasteiger partial charge in [-0.3, -0.25) is 4.79 Å². The van der Waals surface area contributed by atoms with Crippen LogP contribution in [0.1, 0.15) is 41.4 Å². The van der Waals surface area contributed by atoms with Crippen LogP contribution < -0.4 is 20.3 Å². The van der Waals surface area contributed by atoms with E-state index in [9.17, 15) is 49.5 Å². The molecule has 14 heteroatoms. The molecule has 14 nitrogen and oxygen atoms in total. The van der Waals surface area contributed by atoms with E-state index in [0.29, 0.717) is 39.0 Å². The zero-order valence-corrected chi connectivity index (χ0v) is 32.4. The molecule has 0 fully saturated rings. The molecule has 0 saturated heterocycles. The number of aromatic hydroxyl groups is 1. The van der Waals surface area contributed by atoms with E-state index in [0.717, 1.165) is 28.1 Å². The molecule has 2 heterocycles. The molecule has 0 radical (unpaired) electrons. The lowest BCUT2D eigenvalue weighted by molar-refractivity contribution is 0.0677. The van der Waals surface area contributed by atoms with Crippen LogP contribution in [0.3, 0.4) is 0 Å². The normalized spacial score (nSPS) is 11.0. The number of hydrogen-bond acceptors (Lipinski definition) is 9. The van der Waals surface area contributed by atoms with E-state index in [1.807, 2.05) is 74.1 Å². The molecular weight excluding hydrogens is 773 g/mol. The van der Waals surface area contributed by atoms with Crippen molar-refractivity contribution in [2.75, 3.05) is 33.1 Å². The van der Waals surface area contributed by atoms with Gasteiger partial charge in [0.2, 0.25) is 5.36 Å². The van der Waals surface area contributed by atoms with Crippen molar-refractivity contribution in [3.63, 3.8) is 0 Å². The second-order valence-corrected chi connectivity index (χ2v) is 14.2. The van der Waals surface area contributed by atoms with Crippen molar-refractivity contribution >= 4 is 51.5 Å². The number of anilines is 1. The van der Waals surface area contributed by atoms with Crippen molar-refractivity contribution < 1.29 is 53.5 Å². The van der Waals surface area contributed by atoms with Crippen LogP contribution in [0.25, 0.3) is 66.8 Å². The molecule has 0 bridgehead atoms. The highest BCUT2D eigenvalue weighted by atomic mass is 16.4. The minimum atomic E-state index is -1.29. The third-order valence-corrected chi connectivity index (χ3v) is 9.93. The van der Waals surface area contributed by atoms with Gasteiger partial charge in [-0.1, -0.05) is 12.1 Å². The number of nitrogens with zero attached hydrogens (tertiary/aromatic N) is 2. The van der Waals surface area contributed by atoms with Crippen LogP contribution in [0, 0.1) is 0 Å². The average molecular weight is 808 g/mol. The minimum absolute atomic E-state index is 0.0560. The van der Waals surface area contributed by atoms with Gasteiger partial charge in [-0.25, -0.2) is 23.8 Å². The van der Waals surface area contributed by atoms with Gasteiger partial charge in [0.1, 0.15) is 42.5 Å². The summed E-state index contributed by atoms with van der Waals surface area (Å²) in [7, 11) is 7.72. The van der Waals surface area contributed by atoms with Crippen LogP contribution in [0.2, 0.25) is 0 Å². The Balaban J connectivity index is 0.000000183. The maximum absolute atomic E-state index is 12.1. The topological polar surface area (TPSA) is 219 Å². The number of aromatic carboxylic acids is 4. The predicted molar refractivity (Wildman–Crippen MR) is 224 cm³/mol. The van der Waals surface area contributed by atoms with Gasteiger partial charge in [-0.05, 0) is 77.9 Å². The summed E-state index contributed by atoms with van der Waals surface area (Å²) in [5.41, 5.74) is 4.08. The first-order valence-electron chi connectivity index (χ1n) is 18.1. The highest BCUT2D eigenvalue weighted by Crippen LogP contribution is 2.43. The lowest BCUT2D eigenvalue weighted by Gasteiger charge is -2.19. The van der Waals surface area contributed by atoms with Crippen LogP contribution in [-0.4, -0.2) is 77.6 Å². The Morgan fingerprint density at radius 3 is 1.52 bits per heavy atom. The quantitative estimate of drug-likeness (QED) is 0.0786. The highest BCUT2D eigenvalue weighted by Gasteiger charge is 2.25. The monoisotopic (exact) mass is 807 g/mol. The van der Waals surface area contributed by atoms with Gasteiger partial charge in [0, 0.05) is 77.1 Å². The van der Waals surface area contributed by atoms with Crippen LogP contribution in [0.5, 0.6) is 5.75 Å². The van der Waals surface area contributed by atoms with Crippen molar-refractivity contribution in [1.82, 2.24) is 4.58 Å². The second kappa shape index (κ2) is 15.6. The highest BCUT2D eigenvalue weighted by molar-refractivity contribution is 6.10. The maximum atomic E-state index is 12.1. The number of carboxylic acid groups (broad SMARTS) is 4. The Kier molecular flexibility index (Phi) is 10.4. The third-order valence-electron chi connectivity index (χ3n) is 9.93. The van der Waals surface area contributed by atoms with Crippen LogP contribution in [-0.2, 0) is 0 Å². The van der Waals surface area contributed by atoms with Crippen LogP contribution in [0.15, 0.2) is 123 Å². The fourth-order valence-corrected chi connectivity index (χ4v) is 7.01. The van der Waals surface area contributed by atoms with Gasteiger partial charge in [0.25, 0.3) is 0 Å². The van der Waals surface area contributed by atoms with Crippen molar-refractivity contribution in [2.24, 2.45) is 0 Å². The molecule has 5 N–H and O–H groups in total. The van der Waals surface area contributed by atoms with Crippen LogP contribution in [0.4, 0.5) is 5.69 Å². The molecule has 4 aromatic carbocycles. The molecule has 4 aromatic rings. The number of carbonyl (C=O) groups is 4. The Labute approximate surface area is 339 Å². The average Bonchev–Trinajstić information content (AvgIpc) is 3.21. The molecule has 0 aromatic heterocycles. The molecule has 0 unspecified atom stereocenters. The fraction of sp³-hybridized carbons (Fsp3) is 0.0870. The number of carboxylic acids is 4. The first-order chi connectivity index (χ1) is 28.5. The first kappa shape index (κ1) is 40.0. The first-order valence-corrected chi connectivity index (χ1v) is 18.1. The number of phenolic OH excluding ortho intramolecular Hbond substituents is 1. The Hall–Kier alpha value is -8.26. The van der Waals surface area contributed by atoms with E-state index in [1.165, 1.54) is 54.6 Å². The number of phenols is 1. The van der Waals surface area contributed by atoms with Crippen molar-refractivity contribution in [2.45, 2.75) is 0 Å². The van der Waals surface area contributed by atoms with Gasteiger partial charge in [0.15, 0.2) is 5.43 Å². The lowest BCUT2D eigenvalue weighted by atomic mass is 9.89. The molecule has 0 spiro atoms. The van der Waals surface area contributed by atoms with E-state index in [4.69, 9.17) is 8.83 Å². The summed E-state index contributed by atoms with van der Waals surface area (Å²) in [5.74, 6) is -4.14. The van der Waals surface area contributed by atoms with E-state index in [1.54, 1.807) is 12.1 Å². The van der Waals surface area contributed by atoms with Crippen LogP contribution >= 0.6 is 0 Å². The summed E-state index contributed by atoms with van der Waals surface area (Å²) in [6.45, 7) is 0. The molecule has 0 atom stereocenters. The smallest absolute Gasteiger partial charge is 0.336 e. The minimum Gasteiger partial charge on any atom is -0.508 e. The number of rotatable bonds is 7. The molecule has 8 rings (SSSR count). The molecule has 60 heavy (non-hydrogen) atoms. The van der Waals surface area contributed by atoms with E-state index in [2.05, 4.69) is 0 Å². The number of benzene rings is 6. The fourth-order valence-electron chi connectivity index (χ4n) is 7.01. The van der Waals surface area contributed by atoms with Crippen molar-refractivity contribution in [3.05, 3.63) is 147 Å². The van der Waals surface area contributed by atoms with E-state index >= 15 is 0 Å². The van der Waals surface area contributed by atoms with Gasteiger partial charge < -0.3 is 39.3 Å². The lowest BCUT2D eigenvalue weighted by Crippen LogP contribution is -2.21. The van der Waals surface area contributed by atoms with Crippen molar-refractivity contribution in [1.29, 1.82) is 0 Å². The Morgan fingerprint density at radius 1 is 0.533 bits per heavy atom. The summed E-state index contributed by atoms with van der Waals surface area (Å²) in [4.78, 5) is 60.3. The standard InChI is InChI=1S/C25H22N2O5.C21H12O7/c1-26(2)15-6-9-18-21(12-15)32-22-13-16(27(3)4)7-10-19(22)23(18)17-8-5-14(24(28)29)11-20(17)25(30)31;22-11-2-5-14-17(8-11)28-18-9-12(23)3-6-15(18)19(14)13-4-1-10(20(24)25)7-16(13)21(26)27/h5-13H,1-4H3,(H-,28,29,30,31);1-9,22H,(H,24,25)(H,26,27)/p+1. The second-order valence-electron chi connectivity index (χ2n) is 14.2. The van der Waals surface area contributed by atoms with E-state index < -0.39 is 23.9 Å². The number of fused-ring (bicyclic) bond motifs is 4. The Bertz CT molecular complexity index is 3150. The van der Waals surface area contributed by atoms with Gasteiger partial charge in [0.05, 0.1) is 28.3 Å². The SMILES string of the molecule is CN(C)c1ccc2c(-c3ccc(C(=O)O)cc3C(=O)O)c3ccc(=[N+](C)C)cc-3oc2c1.O=C(O)c1ccc(-c2c3ccc(=O)cc-3oc3cc(O)ccc23)c(C(=O)O)c1. The summed E-state index contributed by atoms with van der Waals surface area (Å²) in [6.07, 6.45) is 0. The molecule has 4 aliphatic rings. The molecular formula is C46H35N2O12+. The molecule has 0 amide bonds.